The van der Waals surface area contributed by atoms with Crippen LogP contribution in [-0.2, 0) is 0 Å². The molecule has 2 unspecified atom stereocenters. The third kappa shape index (κ3) is 10.1. The molecule has 2 heterocycles. The summed E-state index contributed by atoms with van der Waals surface area (Å²) in [6, 6.07) is -0.459. The van der Waals surface area contributed by atoms with E-state index in [-0.39, 0.29) is 22.6 Å². The summed E-state index contributed by atoms with van der Waals surface area (Å²) in [5.41, 5.74) is 5.62. The van der Waals surface area contributed by atoms with E-state index in [0.717, 1.165) is 37.1 Å². The van der Waals surface area contributed by atoms with Crippen LogP contribution < -0.4 is 20.1 Å². The first-order chi connectivity index (χ1) is 15.1. The van der Waals surface area contributed by atoms with Crippen molar-refractivity contribution in [2.24, 2.45) is 0 Å². The third-order valence-corrected chi connectivity index (χ3v) is 7.52. The maximum atomic E-state index is 12.0. The van der Waals surface area contributed by atoms with Crippen LogP contribution in [0.3, 0.4) is 0 Å². The summed E-state index contributed by atoms with van der Waals surface area (Å²) in [6.45, 7) is 5.19. The molecule has 2 rings (SSSR count). The number of thiazole rings is 2. The van der Waals surface area contributed by atoms with Crippen LogP contribution in [0.1, 0.15) is 67.8 Å². The lowest BCUT2D eigenvalue weighted by atomic mass is 10.2. The number of nitrogens with zero attached hydrogens (tertiary/aromatic N) is 2. The van der Waals surface area contributed by atoms with Crippen molar-refractivity contribution in [2.75, 3.05) is 13.1 Å². The minimum Gasteiger partial charge on any atom is -0.337 e. The smallest absolute Gasteiger partial charge is 0.324 e. The van der Waals surface area contributed by atoms with Crippen LogP contribution in [0, 0.1) is 0 Å². The first-order valence-corrected chi connectivity index (χ1v) is 13.9. The number of rotatable bonds is 14. The summed E-state index contributed by atoms with van der Waals surface area (Å²) in [5.74, 6) is 0. The summed E-state index contributed by atoms with van der Waals surface area (Å²) in [6.07, 6.45) is 4.59. The molecule has 12 heteroatoms. The Labute approximate surface area is 200 Å². The molecule has 0 saturated heterocycles. The van der Waals surface area contributed by atoms with Gasteiger partial charge in [-0.2, -0.15) is 0 Å². The molecule has 172 valence electrons. The largest absolute Gasteiger partial charge is 0.337 e. The Kier molecular flexibility index (Phi) is 12.7. The van der Waals surface area contributed by atoms with E-state index >= 15 is 0 Å². The maximum absolute atomic E-state index is 12.0. The van der Waals surface area contributed by atoms with Crippen molar-refractivity contribution in [1.29, 1.82) is 0 Å². The second-order valence-corrected chi connectivity index (χ2v) is 10.1. The van der Waals surface area contributed by atoms with Crippen molar-refractivity contribution >= 4 is 58.6 Å². The molecule has 4 N–H and O–H groups in total. The molecule has 0 aliphatic rings. The van der Waals surface area contributed by atoms with E-state index in [1.807, 2.05) is 21.8 Å². The highest BCUT2D eigenvalue weighted by atomic mass is 32.2. The first kappa shape index (κ1) is 25.8. The molecule has 0 fully saturated rings. The highest BCUT2D eigenvalue weighted by Crippen LogP contribution is 2.31. The van der Waals surface area contributed by atoms with Crippen molar-refractivity contribution < 1.29 is 9.59 Å². The molecule has 2 aromatic rings. The van der Waals surface area contributed by atoms with Crippen molar-refractivity contribution in [3.63, 3.8) is 0 Å². The Morgan fingerprint density at radius 2 is 1.32 bits per heavy atom. The second kappa shape index (κ2) is 15.3. The average molecular weight is 503 g/mol. The summed E-state index contributed by atoms with van der Waals surface area (Å²) >= 11 is 5.89. The zero-order chi connectivity index (χ0) is 22.3. The van der Waals surface area contributed by atoms with Gasteiger partial charge in [-0.05, 0) is 43.2 Å². The molecule has 0 saturated carbocycles. The minimum atomic E-state index is -0.230. The van der Waals surface area contributed by atoms with Crippen LogP contribution in [0.2, 0.25) is 0 Å². The molecule has 0 aliphatic heterocycles. The van der Waals surface area contributed by atoms with Gasteiger partial charge in [0.15, 0.2) is 0 Å². The predicted octanol–water partition coefficient (Wildman–Crippen LogP) is 5.27. The Morgan fingerprint density at radius 3 is 1.68 bits per heavy atom. The summed E-state index contributed by atoms with van der Waals surface area (Å²) in [5, 5.41) is 9.97. The summed E-state index contributed by atoms with van der Waals surface area (Å²) in [7, 11) is 0. The molecular weight excluding hydrogens is 473 g/mol. The fourth-order valence-electron chi connectivity index (χ4n) is 2.63. The number of amides is 4. The SMILES string of the molecule is CCCC(SNC(=O)NCCCNC(=O)NSC(CCC)c1cscn1)c1cscn1. The second-order valence-electron chi connectivity index (χ2n) is 6.69. The first-order valence-electron chi connectivity index (χ1n) is 10.3. The normalized spacial score (nSPS) is 12.7. The van der Waals surface area contributed by atoms with E-state index in [1.165, 1.54) is 23.9 Å². The molecular formula is C19H30N6O2S4. The van der Waals surface area contributed by atoms with Gasteiger partial charge in [0.1, 0.15) is 0 Å². The number of carbonyl (C=O) groups is 2. The van der Waals surface area contributed by atoms with E-state index in [0.29, 0.717) is 19.5 Å². The standard InChI is InChI=1S/C19H30N6O2S4/c1-3-6-16(14-10-28-12-22-14)30-24-18(26)20-8-5-9-21-19(27)25-31-17(7-4-2)15-11-29-13-23-15/h10-13,16-17H,3-9H2,1-2H3,(H2,20,24,26)(H2,21,25,27). The summed E-state index contributed by atoms with van der Waals surface area (Å²) in [4.78, 5) is 32.7. The van der Waals surface area contributed by atoms with Gasteiger partial charge in [-0.1, -0.05) is 26.7 Å². The lowest BCUT2D eigenvalue weighted by Crippen LogP contribution is -2.36. The van der Waals surface area contributed by atoms with Crippen molar-refractivity contribution in [3.05, 3.63) is 33.2 Å². The Bertz CT molecular complexity index is 682. The molecule has 4 amide bonds. The van der Waals surface area contributed by atoms with E-state index in [9.17, 15) is 9.59 Å². The van der Waals surface area contributed by atoms with Crippen molar-refractivity contribution in [3.8, 4) is 0 Å². The Morgan fingerprint density at radius 1 is 0.871 bits per heavy atom. The highest BCUT2D eigenvalue weighted by Gasteiger charge is 2.16. The number of urea groups is 2. The fourth-order valence-corrected chi connectivity index (χ4v) is 5.87. The van der Waals surface area contributed by atoms with Gasteiger partial charge in [0, 0.05) is 23.8 Å². The Balaban J connectivity index is 1.55. The van der Waals surface area contributed by atoms with Crippen LogP contribution in [0.15, 0.2) is 21.8 Å². The van der Waals surface area contributed by atoms with Gasteiger partial charge in [0.05, 0.1) is 32.9 Å². The van der Waals surface area contributed by atoms with Gasteiger partial charge in [-0.25, -0.2) is 19.6 Å². The molecule has 0 radical (unpaired) electrons. The monoisotopic (exact) mass is 502 g/mol. The molecule has 0 aliphatic carbocycles. The maximum Gasteiger partial charge on any atom is 0.324 e. The lowest BCUT2D eigenvalue weighted by Gasteiger charge is -2.15. The predicted molar refractivity (Wildman–Crippen MR) is 132 cm³/mol. The quantitative estimate of drug-likeness (QED) is 0.207. The molecule has 2 aromatic heterocycles. The highest BCUT2D eigenvalue weighted by molar-refractivity contribution is 7.98. The van der Waals surface area contributed by atoms with Gasteiger partial charge >= 0.3 is 12.1 Å². The molecule has 0 spiro atoms. The molecule has 31 heavy (non-hydrogen) atoms. The van der Waals surface area contributed by atoms with E-state index < -0.39 is 0 Å². The molecule has 2 atom stereocenters. The van der Waals surface area contributed by atoms with Gasteiger partial charge < -0.3 is 10.6 Å². The van der Waals surface area contributed by atoms with Gasteiger partial charge in [0.2, 0.25) is 0 Å². The van der Waals surface area contributed by atoms with Crippen LogP contribution in [0.25, 0.3) is 0 Å². The number of carbonyl (C=O) groups excluding carboxylic acids is 2. The van der Waals surface area contributed by atoms with E-state index in [4.69, 9.17) is 0 Å². The Hall–Kier alpha value is -1.50. The fraction of sp³-hybridized carbons (Fsp3) is 0.579. The number of hydrogen-bond donors (Lipinski definition) is 4. The zero-order valence-corrected chi connectivity index (χ0v) is 21.0. The zero-order valence-electron chi connectivity index (χ0n) is 17.8. The van der Waals surface area contributed by atoms with Crippen LogP contribution in [0.5, 0.6) is 0 Å². The van der Waals surface area contributed by atoms with Crippen molar-refractivity contribution in [2.45, 2.75) is 56.5 Å². The third-order valence-electron chi connectivity index (χ3n) is 4.18. The molecule has 0 bridgehead atoms. The van der Waals surface area contributed by atoms with Crippen molar-refractivity contribution in [1.82, 2.24) is 30.0 Å². The topological polar surface area (TPSA) is 108 Å². The van der Waals surface area contributed by atoms with Crippen LogP contribution in [-0.4, -0.2) is 35.1 Å². The minimum absolute atomic E-state index is 0.158. The number of nitrogens with one attached hydrogen (secondary N) is 4. The van der Waals surface area contributed by atoms with E-state index in [1.54, 1.807) is 22.7 Å². The van der Waals surface area contributed by atoms with Crippen LogP contribution >= 0.6 is 46.6 Å². The van der Waals surface area contributed by atoms with Crippen LogP contribution in [0.4, 0.5) is 9.59 Å². The lowest BCUT2D eigenvalue weighted by molar-refractivity contribution is 0.245. The van der Waals surface area contributed by atoms with Gasteiger partial charge in [-0.3, -0.25) is 9.44 Å². The summed E-state index contributed by atoms with van der Waals surface area (Å²) < 4.78 is 5.67. The number of hydrogen-bond acceptors (Lipinski definition) is 8. The average Bonchev–Trinajstić information content (AvgIpc) is 3.48. The van der Waals surface area contributed by atoms with Gasteiger partial charge in [-0.15, -0.1) is 22.7 Å². The van der Waals surface area contributed by atoms with E-state index in [2.05, 4.69) is 43.9 Å². The molecule has 0 aromatic carbocycles. The molecule has 8 nitrogen and oxygen atoms in total. The number of aromatic nitrogens is 2. The van der Waals surface area contributed by atoms with Gasteiger partial charge in [0.25, 0.3) is 0 Å².